The predicted octanol–water partition coefficient (Wildman–Crippen LogP) is 3.10. The van der Waals surface area contributed by atoms with Gasteiger partial charge in [-0.25, -0.2) is 4.98 Å². The van der Waals surface area contributed by atoms with Crippen LogP contribution in [-0.4, -0.2) is 24.6 Å². The molecule has 2 aromatic rings. The maximum absolute atomic E-state index is 12.1. The van der Waals surface area contributed by atoms with E-state index in [1.54, 1.807) is 19.3 Å². The number of rotatable bonds is 5. The van der Waals surface area contributed by atoms with E-state index >= 15 is 0 Å². The van der Waals surface area contributed by atoms with Crippen LogP contribution in [0.25, 0.3) is 0 Å². The Labute approximate surface area is 154 Å². The number of nitrogens with two attached hydrogens (primary N) is 1. The van der Waals surface area contributed by atoms with Crippen molar-refractivity contribution < 1.29 is 14.3 Å². The zero-order valence-corrected chi connectivity index (χ0v) is 15.2. The second-order valence-electron chi connectivity index (χ2n) is 5.53. The first-order chi connectivity index (χ1) is 12.0. The summed E-state index contributed by atoms with van der Waals surface area (Å²) in [4.78, 5) is 17.4. The van der Waals surface area contributed by atoms with Crippen LogP contribution in [0.2, 0.25) is 5.02 Å². The van der Waals surface area contributed by atoms with Crippen molar-refractivity contribution in [2.24, 2.45) is 0 Å². The summed E-state index contributed by atoms with van der Waals surface area (Å²) in [6.07, 6.45) is 1.92. The Balaban J connectivity index is 2.06. The van der Waals surface area contributed by atoms with E-state index in [4.69, 9.17) is 26.8 Å². The Bertz CT molecular complexity index is 822. The highest BCUT2D eigenvalue weighted by Gasteiger charge is 2.29. The minimum Gasteiger partial charge on any atom is -0.493 e. The van der Waals surface area contributed by atoms with Crippen molar-refractivity contribution in [2.75, 3.05) is 19.5 Å². The van der Waals surface area contributed by atoms with Gasteiger partial charge in [0.1, 0.15) is 6.61 Å². The molecule has 8 heteroatoms. The topological polar surface area (TPSA) is 86.5 Å². The van der Waals surface area contributed by atoms with Crippen molar-refractivity contribution in [3.05, 3.63) is 45.9 Å². The monoisotopic (exact) mass is 379 g/mol. The summed E-state index contributed by atoms with van der Waals surface area (Å²) in [5.74, 6) is 0.728. The lowest BCUT2D eigenvalue weighted by molar-refractivity contribution is -0.121. The average molecular weight is 380 g/mol. The Morgan fingerprint density at radius 3 is 3.08 bits per heavy atom. The number of benzene rings is 1. The molecule has 1 amide bonds. The van der Waals surface area contributed by atoms with E-state index in [1.807, 2.05) is 6.07 Å². The lowest BCUT2D eigenvalue weighted by Crippen LogP contribution is -2.21. The molecular formula is C17H18ClN3O3S. The SMILES string of the molecule is C=CCOc1c(Cl)cc(C2CC(=O)NCc3nc(N)sc32)cc1OC. The molecule has 1 aliphatic rings. The summed E-state index contributed by atoms with van der Waals surface area (Å²) >= 11 is 7.79. The van der Waals surface area contributed by atoms with Gasteiger partial charge in [0.15, 0.2) is 16.6 Å². The van der Waals surface area contributed by atoms with Gasteiger partial charge in [0.25, 0.3) is 0 Å². The fourth-order valence-corrected chi connectivity index (χ4v) is 4.06. The van der Waals surface area contributed by atoms with E-state index in [2.05, 4.69) is 16.9 Å². The number of nitrogens with zero attached hydrogens (tertiary/aromatic N) is 1. The number of anilines is 1. The number of amides is 1. The molecule has 0 radical (unpaired) electrons. The van der Waals surface area contributed by atoms with Gasteiger partial charge >= 0.3 is 0 Å². The van der Waals surface area contributed by atoms with Crippen LogP contribution in [0.4, 0.5) is 5.13 Å². The largest absolute Gasteiger partial charge is 0.493 e. The molecule has 0 fully saturated rings. The summed E-state index contributed by atoms with van der Waals surface area (Å²) in [6.45, 7) is 4.32. The second-order valence-corrected chi connectivity index (χ2v) is 7.00. The van der Waals surface area contributed by atoms with Crippen molar-refractivity contribution in [2.45, 2.75) is 18.9 Å². The molecule has 0 bridgehead atoms. The van der Waals surface area contributed by atoms with Gasteiger partial charge in [0, 0.05) is 17.2 Å². The maximum atomic E-state index is 12.1. The molecule has 2 heterocycles. The highest BCUT2D eigenvalue weighted by atomic mass is 35.5. The van der Waals surface area contributed by atoms with Crippen molar-refractivity contribution >= 4 is 34.0 Å². The Morgan fingerprint density at radius 1 is 1.56 bits per heavy atom. The van der Waals surface area contributed by atoms with E-state index in [9.17, 15) is 4.79 Å². The van der Waals surface area contributed by atoms with Gasteiger partial charge in [-0.2, -0.15) is 0 Å². The molecule has 1 aromatic heterocycles. The van der Waals surface area contributed by atoms with Gasteiger partial charge < -0.3 is 20.5 Å². The summed E-state index contributed by atoms with van der Waals surface area (Å²) in [5, 5.41) is 3.74. The number of thiazole rings is 1. The van der Waals surface area contributed by atoms with Crippen molar-refractivity contribution in [1.29, 1.82) is 0 Å². The van der Waals surface area contributed by atoms with E-state index in [0.29, 0.717) is 41.2 Å². The molecule has 1 aromatic carbocycles. The van der Waals surface area contributed by atoms with Crippen molar-refractivity contribution in [3.8, 4) is 11.5 Å². The molecular weight excluding hydrogens is 362 g/mol. The minimum atomic E-state index is -0.188. The van der Waals surface area contributed by atoms with Crippen LogP contribution in [0.1, 0.15) is 28.5 Å². The third kappa shape index (κ3) is 3.57. The molecule has 1 aliphatic heterocycles. The van der Waals surface area contributed by atoms with E-state index in [0.717, 1.165) is 16.1 Å². The first-order valence-corrected chi connectivity index (χ1v) is 8.85. The molecule has 132 valence electrons. The second kappa shape index (κ2) is 7.33. The standard InChI is InChI=1S/C17H18ClN3O3S/c1-3-4-24-15-11(18)5-9(6-13(15)23-2)10-7-14(22)20-8-12-16(10)25-17(19)21-12/h3,5-6,10H,1,4,7-8H2,2H3,(H2,19,21)(H,20,22). The van der Waals surface area contributed by atoms with E-state index < -0.39 is 0 Å². The van der Waals surface area contributed by atoms with Gasteiger partial charge in [0.2, 0.25) is 5.91 Å². The Kier molecular flexibility index (Phi) is 5.15. The van der Waals surface area contributed by atoms with E-state index in [1.165, 1.54) is 11.3 Å². The van der Waals surface area contributed by atoms with Crippen molar-refractivity contribution in [1.82, 2.24) is 10.3 Å². The summed E-state index contributed by atoms with van der Waals surface area (Å²) < 4.78 is 11.0. The number of fused-ring (bicyclic) bond motifs is 1. The Hall–Kier alpha value is -2.25. The normalized spacial score (nSPS) is 16.6. The number of nitrogens with one attached hydrogen (secondary N) is 1. The number of hydrogen-bond donors (Lipinski definition) is 2. The van der Waals surface area contributed by atoms with Gasteiger partial charge in [-0.3, -0.25) is 4.79 Å². The van der Waals surface area contributed by atoms with Crippen LogP contribution in [-0.2, 0) is 11.3 Å². The molecule has 25 heavy (non-hydrogen) atoms. The van der Waals surface area contributed by atoms with Crippen LogP contribution in [0.15, 0.2) is 24.8 Å². The lowest BCUT2D eigenvalue weighted by Gasteiger charge is -2.18. The molecule has 6 nitrogen and oxygen atoms in total. The molecule has 3 N–H and O–H groups in total. The third-order valence-corrected chi connectivity index (χ3v) is 5.22. The number of ether oxygens (including phenoxy) is 2. The predicted molar refractivity (Wildman–Crippen MR) is 98.5 cm³/mol. The van der Waals surface area contributed by atoms with Gasteiger partial charge in [-0.1, -0.05) is 24.3 Å². The maximum Gasteiger partial charge on any atom is 0.221 e. The summed E-state index contributed by atoms with van der Waals surface area (Å²) in [6, 6.07) is 3.64. The fraction of sp³-hybridized carbons (Fsp3) is 0.294. The molecule has 1 unspecified atom stereocenters. The first kappa shape index (κ1) is 17.6. The van der Waals surface area contributed by atoms with Gasteiger partial charge in [0.05, 0.1) is 24.4 Å². The number of nitrogen functional groups attached to an aromatic ring is 1. The number of hydrogen-bond acceptors (Lipinski definition) is 6. The fourth-order valence-electron chi connectivity index (χ4n) is 2.81. The Morgan fingerprint density at radius 2 is 2.36 bits per heavy atom. The lowest BCUT2D eigenvalue weighted by atomic mass is 9.93. The molecule has 0 spiro atoms. The van der Waals surface area contributed by atoms with Gasteiger partial charge in [-0.05, 0) is 17.7 Å². The summed E-state index contributed by atoms with van der Waals surface area (Å²) in [5.41, 5.74) is 7.51. The number of aromatic nitrogens is 1. The smallest absolute Gasteiger partial charge is 0.221 e. The molecule has 0 saturated carbocycles. The minimum absolute atomic E-state index is 0.0455. The van der Waals surface area contributed by atoms with Crippen LogP contribution < -0.4 is 20.5 Å². The highest BCUT2D eigenvalue weighted by Crippen LogP contribution is 2.43. The highest BCUT2D eigenvalue weighted by molar-refractivity contribution is 7.15. The zero-order valence-electron chi connectivity index (χ0n) is 13.7. The molecule has 0 aliphatic carbocycles. The first-order valence-electron chi connectivity index (χ1n) is 7.66. The van der Waals surface area contributed by atoms with Crippen molar-refractivity contribution in [3.63, 3.8) is 0 Å². The third-order valence-electron chi connectivity index (χ3n) is 3.90. The molecule has 1 atom stereocenters. The molecule has 0 saturated heterocycles. The van der Waals surface area contributed by atoms with Gasteiger partial charge in [-0.15, -0.1) is 11.3 Å². The molecule has 3 rings (SSSR count). The average Bonchev–Trinajstić information content (AvgIpc) is 2.89. The number of halogens is 1. The summed E-state index contributed by atoms with van der Waals surface area (Å²) in [7, 11) is 1.55. The van der Waals surface area contributed by atoms with Crippen LogP contribution in [0, 0.1) is 0 Å². The van der Waals surface area contributed by atoms with E-state index in [-0.39, 0.29) is 11.8 Å². The van der Waals surface area contributed by atoms with Crippen LogP contribution in [0.5, 0.6) is 11.5 Å². The quantitative estimate of drug-likeness (QED) is 0.779. The zero-order chi connectivity index (χ0) is 18.0. The van der Waals surface area contributed by atoms with Crippen LogP contribution in [0.3, 0.4) is 0 Å². The van der Waals surface area contributed by atoms with Crippen LogP contribution >= 0.6 is 22.9 Å². The number of carbonyl (C=O) groups is 1. The number of carbonyl (C=O) groups excluding carboxylic acids is 1. The number of methoxy groups -OCH3 is 1.